The highest BCUT2D eigenvalue weighted by Gasteiger charge is 2.05. The van der Waals surface area contributed by atoms with Crippen LogP contribution >= 0.6 is 0 Å². The van der Waals surface area contributed by atoms with Gasteiger partial charge in [-0.3, -0.25) is 4.79 Å². The molecule has 0 bridgehead atoms. The highest BCUT2D eigenvalue weighted by molar-refractivity contribution is 5.94. The summed E-state index contributed by atoms with van der Waals surface area (Å²) < 4.78 is 2.15. The summed E-state index contributed by atoms with van der Waals surface area (Å²) in [6.45, 7) is 5.72. The third-order valence-corrected chi connectivity index (χ3v) is 2.78. The van der Waals surface area contributed by atoms with Crippen LogP contribution < -0.4 is 0 Å². The number of aryl methyl sites for hydroxylation is 2. The van der Waals surface area contributed by atoms with Crippen LogP contribution in [-0.2, 0) is 0 Å². The standard InChI is InChI=1S/C14H15NO/c1-10-7-8-11(2)15(10)14-6-4-5-13(9-14)12(3)16/h4-9H,1-3H3. The van der Waals surface area contributed by atoms with E-state index in [1.807, 2.05) is 24.3 Å². The maximum absolute atomic E-state index is 11.3. The number of nitrogens with zero attached hydrogens (tertiary/aromatic N) is 1. The molecule has 2 aromatic rings. The first-order valence-electron chi connectivity index (χ1n) is 5.36. The Bertz CT molecular complexity index is 518. The Hall–Kier alpha value is -1.83. The first-order chi connectivity index (χ1) is 7.59. The Morgan fingerprint density at radius 3 is 2.25 bits per heavy atom. The average molecular weight is 213 g/mol. The molecule has 0 aliphatic carbocycles. The van der Waals surface area contributed by atoms with Gasteiger partial charge in [-0.05, 0) is 45.0 Å². The van der Waals surface area contributed by atoms with Crippen LogP contribution in [0.5, 0.6) is 0 Å². The first-order valence-corrected chi connectivity index (χ1v) is 5.36. The van der Waals surface area contributed by atoms with Gasteiger partial charge in [0.05, 0.1) is 0 Å². The predicted molar refractivity (Wildman–Crippen MR) is 65.2 cm³/mol. The van der Waals surface area contributed by atoms with Crippen LogP contribution in [0.2, 0.25) is 0 Å². The second kappa shape index (κ2) is 3.97. The minimum Gasteiger partial charge on any atom is -0.318 e. The lowest BCUT2D eigenvalue weighted by atomic mass is 10.1. The zero-order chi connectivity index (χ0) is 11.7. The van der Waals surface area contributed by atoms with Gasteiger partial charge in [-0.1, -0.05) is 12.1 Å². The summed E-state index contributed by atoms with van der Waals surface area (Å²) in [7, 11) is 0. The molecule has 2 heteroatoms. The van der Waals surface area contributed by atoms with E-state index in [9.17, 15) is 4.79 Å². The molecule has 0 N–H and O–H groups in total. The van der Waals surface area contributed by atoms with Gasteiger partial charge in [-0.15, -0.1) is 0 Å². The van der Waals surface area contributed by atoms with E-state index < -0.39 is 0 Å². The van der Waals surface area contributed by atoms with Crippen molar-refractivity contribution >= 4 is 5.78 Å². The number of carbonyl (C=O) groups excluding carboxylic acids is 1. The maximum atomic E-state index is 11.3. The van der Waals surface area contributed by atoms with E-state index in [1.165, 1.54) is 11.4 Å². The normalized spacial score (nSPS) is 10.4. The quantitative estimate of drug-likeness (QED) is 0.701. The Morgan fingerprint density at radius 1 is 1.06 bits per heavy atom. The van der Waals surface area contributed by atoms with Crippen LogP contribution in [0.3, 0.4) is 0 Å². The minimum atomic E-state index is 0.101. The van der Waals surface area contributed by atoms with E-state index in [4.69, 9.17) is 0 Å². The van der Waals surface area contributed by atoms with Gasteiger partial charge in [-0.2, -0.15) is 0 Å². The van der Waals surface area contributed by atoms with Crippen LogP contribution in [0.4, 0.5) is 0 Å². The van der Waals surface area contributed by atoms with E-state index in [0.717, 1.165) is 11.3 Å². The number of hydrogen-bond donors (Lipinski definition) is 0. The highest BCUT2D eigenvalue weighted by Crippen LogP contribution is 2.17. The summed E-state index contributed by atoms with van der Waals surface area (Å²) in [4.78, 5) is 11.3. The molecule has 0 spiro atoms. The van der Waals surface area contributed by atoms with Gasteiger partial charge < -0.3 is 4.57 Å². The van der Waals surface area contributed by atoms with Crippen molar-refractivity contribution in [3.05, 3.63) is 53.3 Å². The third kappa shape index (κ3) is 1.78. The summed E-state index contributed by atoms with van der Waals surface area (Å²) in [5.41, 5.74) is 4.16. The van der Waals surface area contributed by atoms with Gasteiger partial charge in [0.2, 0.25) is 0 Å². The highest BCUT2D eigenvalue weighted by atomic mass is 16.1. The van der Waals surface area contributed by atoms with Crippen molar-refractivity contribution in [3.63, 3.8) is 0 Å². The van der Waals surface area contributed by atoms with E-state index in [-0.39, 0.29) is 5.78 Å². The molecule has 1 heterocycles. The predicted octanol–water partition coefficient (Wildman–Crippen LogP) is 3.30. The number of Topliss-reactive ketones (excluding diaryl/α,β-unsaturated/α-hetero) is 1. The fourth-order valence-electron chi connectivity index (χ4n) is 1.94. The molecule has 0 radical (unpaired) electrons. The van der Waals surface area contributed by atoms with Gasteiger partial charge in [0.1, 0.15) is 0 Å². The zero-order valence-corrected chi connectivity index (χ0v) is 9.82. The zero-order valence-electron chi connectivity index (χ0n) is 9.82. The second-order valence-corrected chi connectivity index (χ2v) is 4.06. The molecule has 2 rings (SSSR count). The van der Waals surface area contributed by atoms with Crippen molar-refractivity contribution in [2.24, 2.45) is 0 Å². The number of benzene rings is 1. The topological polar surface area (TPSA) is 22.0 Å². The molecular formula is C14H15NO. The molecule has 16 heavy (non-hydrogen) atoms. The Kier molecular flexibility index (Phi) is 2.65. The fraction of sp³-hybridized carbons (Fsp3) is 0.214. The average Bonchev–Trinajstić information content (AvgIpc) is 2.59. The smallest absolute Gasteiger partial charge is 0.159 e. The van der Waals surface area contributed by atoms with Gasteiger partial charge in [0.25, 0.3) is 0 Å². The van der Waals surface area contributed by atoms with Gasteiger partial charge in [-0.25, -0.2) is 0 Å². The fourth-order valence-corrected chi connectivity index (χ4v) is 1.94. The van der Waals surface area contributed by atoms with Crippen molar-refractivity contribution < 1.29 is 4.79 Å². The number of aromatic nitrogens is 1. The Morgan fingerprint density at radius 2 is 1.69 bits per heavy atom. The van der Waals surface area contributed by atoms with E-state index in [1.54, 1.807) is 6.92 Å². The SMILES string of the molecule is CC(=O)c1cccc(-n2c(C)ccc2C)c1. The molecule has 1 aromatic heterocycles. The van der Waals surface area contributed by atoms with Crippen molar-refractivity contribution in [1.29, 1.82) is 0 Å². The maximum Gasteiger partial charge on any atom is 0.159 e. The summed E-state index contributed by atoms with van der Waals surface area (Å²) in [5, 5.41) is 0. The summed E-state index contributed by atoms with van der Waals surface area (Å²) in [5.74, 6) is 0.101. The minimum absolute atomic E-state index is 0.101. The molecule has 0 atom stereocenters. The molecule has 2 nitrogen and oxygen atoms in total. The summed E-state index contributed by atoms with van der Waals surface area (Å²) in [6.07, 6.45) is 0. The summed E-state index contributed by atoms with van der Waals surface area (Å²) in [6, 6.07) is 11.9. The van der Waals surface area contributed by atoms with Gasteiger partial charge in [0, 0.05) is 22.6 Å². The molecule has 1 aromatic carbocycles. The second-order valence-electron chi connectivity index (χ2n) is 4.06. The van der Waals surface area contributed by atoms with E-state index in [0.29, 0.717) is 0 Å². The van der Waals surface area contributed by atoms with Gasteiger partial charge >= 0.3 is 0 Å². The lowest BCUT2D eigenvalue weighted by molar-refractivity contribution is 0.101. The third-order valence-electron chi connectivity index (χ3n) is 2.78. The molecule has 0 saturated carbocycles. The Labute approximate surface area is 95.5 Å². The van der Waals surface area contributed by atoms with E-state index in [2.05, 4.69) is 30.5 Å². The van der Waals surface area contributed by atoms with Crippen LogP contribution in [0.25, 0.3) is 5.69 Å². The van der Waals surface area contributed by atoms with Crippen LogP contribution in [0.1, 0.15) is 28.7 Å². The van der Waals surface area contributed by atoms with Crippen LogP contribution in [0, 0.1) is 13.8 Å². The molecule has 0 amide bonds. The van der Waals surface area contributed by atoms with E-state index >= 15 is 0 Å². The molecule has 0 saturated heterocycles. The first kappa shape index (κ1) is 10.7. The van der Waals surface area contributed by atoms with Crippen LogP contribution in [0.15, 0.2) is 36.4 Å². The molecule has 0 aliphatic rings. The molecule has 0 unspecified atom stereocenters. The molecule has 0 fully saturated rings. The molecule has 82 valence electrons. The number of hydrogen-bond acceptors (Lipinski definition) is 1. The number of ketones is 1. The lowest BCUT2D eigenvalue weighted by Crippen LogP contribution is -2.00. The van der Waals surface area contributed by atoms with Crippen molar-refractivity contribution in [2.75, 3.05) is 0 Å². The molecular weight excluding hydrogens is 198 g/mol. The van der Waals surface area contributed by atoms with Crippen molar-refractivity contribution in [2.45, 2.75) is 20.8 Å². The monoisotopic (exact) mass is 213 g/mol. The van der Waals surface area contributed by atoms with Crippen molar-refractivity contribution in [3.8, 4) is 5.69 Å². The lowest BCUT2D eigenvalue weighted by Gasteiger charge is -2.10. The largest absolute Gasteiger partial charge is 0.318 e. The van der Waals surface area contributed by atoms with Crippen LogP contribution in [-0.4, -0.2) is 10.4 Å². The number of rotatable bonds is 2. The summed E-state index contributed by atoms with van der Waals surface area (Å²) >= 11 is 0. The molecule has 0 aliphatic heterocycles. The van der Waals surface area contributed by atoms with Gasteiger partial charge in [0.15, 0.2) is 5.78 Å². The Balaban J connectivity index is 2.57. The van der Waals surface area contributed by atoms with Crippen molar-refractivity contribution in [1.82, 2.24) is 4.57 Å². The number of carbonyl (C=O) groups is 1.